The standard InChI is InChI=1S/C22H30N6O4/c1-16(28-15-23-14-24-28)21(29)25-17-6-8-18(9-7-17)26-22(30)27(12-19-4-2-10-31-19)13-20-5-3-11-32-20/h6-9,14-16,19-20H,2-5,10-13H2,1H3,(H,25,29)(H,26,30)/t16-,19+,20+/m1/s1. The van der Waals surface area contributed by atoms with Gasteiger partial charge < -0.3 is 25.0 Å². The van der Waals surface area contributed by atoms with Gasteiger partial charge in [-0.05, 0) is 56.9 Å². The van der Waals surface area contributed by atoms with Crippen LogP contribution in [0.2, 0.25) is 0 Å². The second-order valence-electron chi connectivity index (χ2n) is 8.22. The maximum absolute atomic E-state index is 13.0. The lowest BCUT2D eigenvalue weighted by Crippen LogP contribution is -2.44. The van der Waals surface area contributed by atoms with E-state index in [0.29, 0.717) is 24.5 Å². The van der Waals surface area contributed by atoms with Gasteiger partial charge in [-0.3, -0.25) is 4.79 Å². The third-order valence-electron chi connectivity index (χ3n) is 5.80. The van der Waals surface area contributed by atoms with Crippen molar-refractivity contribution >= 4 is 23.3 Å². The highest BCUT2D eigenvalue weighted by molar-refractivity contribution is 5.94. The van der Waals surface area contributed by atoms with E-state index in [0.717, 1.165) is 38.9 Å². The smallest absolute Gasteiger partial charge is 0.322 e. The molecule has 0 bridgehead atoms. The topological polar surface area (TPSA) is 111 Å². The van der Waals surface area contributed by atoms with Gasteiger partial charge in [-0.25, -0.2) is 14.5 Å². The van der Waals surface area contributed by atoms with E-state index in [4.69, 9.17) is 9.47 Å². The van der Waals surface area contributed by atoms with Gasteiger partial charge in [-0.2, -0.15) is 5.10 Å². The number of rotatable bonds is 8. The fourth-order valence-electron chi connectivity index (χ4n) is 3.93. The molecule has 10 heteroatoms. The molecule has 0 radical (unpaired) electrons. The highest BCUT2D eigenvalue weighted by Crippen LogP contribution is 2.20. The summed E-state index contributed by atoms with van der Waals surface area (Å²) in [5.74, 6) is -0.202. The first-order chi connectivity index (χ1) is 15.6. The van der Waals surface area contributed by atoms with E-state index >= 15 is 0 Å². The molecule has 2 fully saturated rings. The molecule has 4 rings (SSSR count). The van der Waals surface area contributed by atoms with Crippen LogP contribution in [-0.2, 0) is 14.3 Å². The summed E-state index contributed by atoms with van der Waals surface area (Å²) in [7, 11) is 0. The lowest BCUT2D eigenvalue weighted by Gasteiger charge is -2.28. The summed E-state index contributed by atoms with van der Waals surface area (Å²) < 4.78 is 13.0. The number of nitrogens with zero attached hydrogens (tertiary/aromatic N) is 4. The van der Waals surface area contributed by atoms with Crippen molar-refractivity contribution in [1.29, 1.82) is 0 Å². The maximum Gasteiger partial charge on any atom is 0.322 e. The van der Waals surface area contributed by atoms with E-state index in [2.05, 4.69) is 20.7 Å². The van der Waals surface area contributed by atoms with Gasteiger partial charge in [0.2, 0.25) is 5.91 Å². The first-order valence-electron chi connectivity index (χ1n) is 11.1. The number of urea groups is 1. The van der Waals surface area contributed by atoms with Gasteiger partial charge in [-0.15, -0.1) is 0 Å². The Kier molecular flexibility index (Phi) is 7.33. The van der Waals surface area contributed by atoms with Crippen molar-refractivity contribution in [3.63, 3.8) is 0 Å². The monoisotopic (exact) mass is 442 g/mol. The van der Waals surface area contributed by atoms with Gasteiger partial charge in [0, 0.05) is 37.7 Å². The Hall–Kier alpha value is -2.98. The molecule has 1 aromatic carbocycles. The summed E-state index contributed by atoms with van der Waals surface area (Å²) in [5.41, 5.74) is 1.29. The average molecular weight is 443 g/mol. The minimum Gasteiger partial charge on any atom is -0.376 e. The second kappa shape index (κ2) is 10.6. The fourth-order valence-corrected chi connectivity index (χ4v) is 3.93. The molecular formula is C22H30N6O4. The highest BCUT2D eigenvalue weighted by Gasteiger charge is 2.27. The lowest BCUT2D eigenvalue weighted by atomic mass is 10.2. The molecule has 32 heavy (non-hydrogen) atoms. The Balaban J connectivity index is 1.33. The van der Waals surface area contributed by atoms with Crippen molar-refractivity contribution in [3.05, 3.63) is 36.9 Å². The van der Waals surface area contributed by atoms with Gasteiger partial charge in [0.1, 0.15) is 18.7 Å². The summed E-state index contributed by atoms with van der Waals surface area (Å²) in [5, 5.41) is 9.79. The number of carbonyl (C=O) groups excluding carboxylic acids is 2. The molecule has 172 valence electrons. The Labute approximate surface area is 187 Å². The predicted molar refractivity (Wildman–Crippen MR) is 118 cm³/mol. The number of nitrogens with one attached hydrogen (secondary N) is 2. The van der Waals surface area contributed by atoms with E-state index in [1.165, 1.54) is 17.3 Å². The maximum atomic E-state index is 13.0. The fraction of sp³-hybridized carbons (Fsp3) is 0.545. The largest absolute Gasteiger partial charge is 0.376 e. The molecule has 0 aliphatic carbocycles. The van der Waals surface area contributed by atoms with Crippen LogP contribution in [0.4, 0.5) is 16.2 Å². The molecule has 3 atom stereocenters. The van der Waals surface area contributed by atoms with E-state index < -0.39 is 6.04 Å². The Morgan fingerprint density at radius 3 is 2.16 bits per heavy atom. The normalized spacial score (nSPS) is 21.3. The Morgan fingerprint density at radius 1 is 1.06 bits per heavy atom. The summed E-state index contributed by atoms with van der Waals surface area (Å²) in [6.07, 6.45) is 7.04. The van der Waals surface area contributed by atoms with Crippen LogP contribution in [0.15, 0.2) is 36.9 Å². The zero-order valence-electron chi connectivity index (χ0n) is 18.3. The summed E-state index contributed by atoms with van der Waals surface area (Å²) in [4.78, 5) is 31.0. The van der Waals surface area contributed by atoms with Crippen molar-refractivity contribution in [1.82, 2.24) is 19.7 Å². The van der Waals surface area contributed by atoms with Crippen LogP contribution in [0.5, 0.6) is 0 Å². The molecule has 2 saturated heterocycles. The van der Waals surface area contributed by atoms with Crippen molar-refractivity contribution < 1.29 is 19.1 Å². The molecule has 2 aliphatic heterocycles. The third-order valence-corrected chi connectivity index (χ3v) is 5.80. The zero-order chi connectivity index (χ0) is 22.3. The number of aromatic nitrogens is 3. The molecule has 10 nitrogen and oxygen atoms in total. The van der Waals surface area contributed by atoms with E-state index in [1.54, 1.807) is 36.1 Å². The number of benzene rings is 1. The molecule has 0 saturated carbocycles. The Bertz CT molecular complexity index is 858. The third kappa shape index (κ3) is 5.83. The van der Waals surface area contributed by atoms with E-state index in [-0.39, 0.29) is 24.1 Å². The molecule has 3 amide bonds. The molecule has 3 heterocycles. The van der Waals surface area contributed by atoms with Crippen LogP contribution in [0, 0.1) is 0 Å². The van der Waals surface area contributed by atoms with Crippen molar-refractivity contribution in [2.24, 2.45) is 0 Å². The van der Waals surface area contributed by atoms with Gasteiger partial charge >= 0.3 is 6.03 Å². The molecule has 1 aromatic heterocycles. The average Bonchev–Trinajstić information content (AvgIpc) is 3.57. The minimum absolute atomic E-state index is 0.0757. The lowest BCUT2D eigenvalue weighted by molar-refractivity contribution is -0.119. The zero-order valence-corrected chi connectivity index (χ0v) is 18.3. The van der Waals surface area contributed by atoms with Crippen molar-refractivity contribution in [2.75, 3.05) is 36.9 Å². The van der Waals surface area contributed by atoms with E-state index in [9.17, 15) is 9.59 Å². The predicted octanol–water partition coefficient (Wildman–Crippen LogP) is 2.67. The van der Waals surface area contributed by atoms with Crippen LogP contribution in [0.3, 0.4) is 0 Å². The number of anilines is 2. The first kappa shape index (κ1) is 22.2. The molecular weight excluding hydrogens is 412 g/mol. The quantitative estimate of drug-likeness (QED) is 0.650. The van der Waals surface area contributed by atoms with Gasteiger partial charge in [0.25, 0.3) is 0 Å². The van der Waals surface area contributed by atoms with Gasteiger partial charge in [-0.1, -0.05) is 0 Å². The highest BCUT2D eigenvalue weighted by atomic mass is 16.5. The number of hydrogen-bond acceptors (Lipinski definition) is 6. The molecule has 0 unspecified atom stereocenters. The molecule has 0 spiro atoms. The van der Waals surface area contributed by atoms with Gasteiger partial charge in [0.15, 0.2) is 0 Å². The first-order valence-corrected chi connectivity index (χ1v) is 11.1. The van der Waals surface area contributed by atoms with Crippen LogP contribution < -0.4 is 10.6 Å². The van der Waals surface area contributed by atoms with Crippen LogP contribution >= 0.6 is 0 Å². The van der Waals surface area contributed by atoms with Crippen LogP contribution in [-0.4, -0.2) is 70.1 Å². The van der Waals surface area contributed by atoms with Gasteiger partial charge in [0.05, 0.1) is 12.2 Å². The SMILES string of the molecule is C[C@H](C(=O)Nc1ccc(NC(=O)N(C[C@@H]2CCCO2)C[C@@H]2CCCO2)cc1)n1cncn1. The number of ether oxygens (including phenoxy) is 2. The number of amides is 3. The second-order valence-corrected chi connectivity index (χ2v) is 8.22. The van der Waals surface area contributed by atoms with E-state index in [1.807, 2.05) is 0 Å². The van der Waals surface area contributed by atoms with Crippen molar-refractivity contribution in [2.45, 2.75) is 50.9 Å². The summed E-state index contributed by atoms with van der Waals surface area (Å²) >= 11 is 0. The summed E-state index contributed by atoms with van der Waals surface area (Å²) in [6.45, 7) is 4.36. The Morgan fingerprint density at radius 2 is 1.66 bits per heavy atom. The molecule has 2 aliphatic rings. The number of hydrogen-bond donors (Lipinski definition) is 2. The van der Waals surface area contributed by atoms with Crippen LogP contribution in [0.25, 0.3) is 0 Å². The van der Waals surface area contributed by atoms with Crippen molar-refractivity contribution in [3.8, 4) is 0 Å². The number of carbonyl (C=O) groups is 2. The minimum atomic E-state index is -0.485. The molecule has 2 N–H and O–H groups in total. The molecule has 2 aromatic rings. The summed E-state index contributed by atoms with van der Waals surface area (Å²) in [6, 6.07) is 6.39. The van der Waals surface area contributed by atoms with Crippen LogP contribution in [0.1, 0.15) is 38.6 Å².